The molecule has 5 heteroatoms. The van der Waals surface area contributed by atoms with Crippen LogP contribution in [0.4, 0.5) is 5.69 Å². The Kier molecular flexibility index (Phi) is 4.30. The van der Waals surface area contributed by atoms with Crippen molar-refractivity contribution in [3.63, 3.8) is 0 Å². The van der Waals surface area contributed by atoms with Gasteiger partial charge in [-0.05, 0) is 19.1 Å². The highest BCUT2D eigenvalue weighted by molar-refractivity contribution is 5.91. The van der Waals surface area contributed by atoms with Gasteiger partial charge >= 0.3 is 0 Å². The number of ether oxygens (including phenoxy) is 1. The van der Waals surface area contributed by atoms with Crippen LogP contribution in [0.1, 0.15) is 5.69 Å². The van der Waals surface area contributed by atoms with Crippen LogP contribution in [0.3, 0.4) is 0 Å². The van der Waals surface area contributed by atoms with E-state index in [1.165, 1.54) is 0 Å². The molecule has 0 atom stereocenters. The highest BCUT2D eigenvalue weighted by Crippen LogP contribution is 2.22. The van der Waals surface area contributed by atoms with Crippen molar-refractivity contribution in [2.45, 2.75) is 6.92 Å². The van der Waals surface area contributed by atoms with Gasteiger partial charge in [-0.1, -0.05) is 18.2 Å². The summed E-state index contributed by atoms with van der Waals surface area (Å²) >= 11 is 0. The van der Waals surface area contributed by atoms with Crippen molar-refractivity contribution in [2.24, 2.45) is 5.73 Å². The van der Waals surface area contributed by atoms with Gasteiger partial charge in [0.25, 0.3) is 0 Å². The average Bonchev–Trinajstić information content (AvgIpc) is 2.37. The Hall–Kier alpha value is -2.14. The Morgan fingerprint density at radius 1 is 1.42 bits per heavy atom. The number of carbonyl (C=O) groups excluding carboxylic acids is 1. The Bertz CT molecular complexity index is 584. The normalized spacial score (nSPS) is 10.6. The molecule has 2 rings (SSSR count). The summed E-state index contributed by atoms with van der Waals surface area (Å²) in [4.78, 5) is 15.0. The van der Waals surface area contributed by atoms with Crippen molar-refractivity contribution in [1.82, 2.24) is 4.98 Å². The summed E-state index contributed by atoms with van der Waals surface area (Å²) < 4.78 is 5.11. The monoisotopic (exact) mass is 259 g/mol. The van der Waals surface area contributed by atoms with E-state index >= 15 is 0 Å². The van der Waals surface area contributed by atoms with Gasteiger partial charge in [-0.15, -0.1) is 0 Å². The number of anilines is 1. The fourth-order valence-corrected chi connectivity index (χ4v) is 1.88. The zero-order chi connectivity index (χ0) is 13.7. The van der Waals surface area contributed by atoms with Crippen LogP contribution in [0.15, 0.2) is 30.3 Å². The number of nitrogens with one attached hydrogen (secondary N) is 1. The summed E-state index contributed by atoms with van der Waals surface area (Å²) in [5, 5.41) is 4.36. The zero-order valence-corrected chi connectivity index (χ0v) is 10.8. The number of nitrogens with zero attached hydrogens (tertiary/aromatic N) is 1. The molecule has 1 aromatic carbocycles. The number of nitrogens with two attached hydrogens (primary N) is 1. The maximum absolute atomic E-state index is 10.5. The second-order valence-corrected chi connectivity index (χ2v) is 4.27. The van der Waals surface area contributed by atoms with E-state index in [2.05, 4.69) is 10.3 Å². The molecule has 3 N–H and O–H groups in total. The lowest BCUT2D eigenvalue weighted by atomic mass is 10.1. The van der Waals surface area contributed by atoms with Gasteiger partial charge < -0.3 is 15.8 Å². The number of aromatic nitrogens is 1. The summed E-state index contributed by atoms with van der Waals surface area (Å²) in [5.74, 6) is -0.454. The highest BCUT2D eigenvalue weighted by atomic mass is 16.5. The third-order valence-corrected chi connectivity index (χ3v) is 2.65. The molecule has 0 aliphatic heterocycles. The molecule has 5 nitrogen and oxygen atoms in total. The molecule has 0 spiro atoms. The molecule has 0 unspecified atom stereocenters. The Morgan fingerprint density at radius 2 is 2.21 bits per heavy atom. The molecule has 1 amide bonds. The molecule has 0 aliphatic carbocycles. The molecule has 0 fully saturated rings. The van der Waals surface area contributed by atoms with Crippen molar-refractivity contribution >= 4 is 22.5 Å². The SMILES string of the molecule is Cc1cc(NCCOCC(N)=O)c2ccccc2n1. The van der Waals surface area contributed by atoms with Crippen molar-refractivity contribution < 1.29 is 9.53 Å². The number of primary amides is 1. The van der Waals surface area contributed by atoms with Crippen LogP contribution >= 0.6 is 0 Å². The lowest BCUT2D eigenvalue weighted by Gasteiger charge is -2.10. The number of benzene rings is 1. The number of fused-ring (bicyclic) bond motifs is 1. The largest absolute Gasteiger partial charge is 0.382 e. The summed E-state index contributed by atoms with van der Waals surface area (Å²) in [5.41, 5.74) is 7.93. The second kappa shape index (κ2) is 6.15. The standard InChI is InChI=1S/C14H17N3O2/c1-10-8-13(16-6-7-19-9-14(15)18)11-4-2-3-5-12(11)17-10/h2-5,8H,6-7,9H2,1H3,(H2,15,18)(H,16,17). The average molecular weight is 259 g/mol. The first-order valence-corrected chi connectivity index (χ1v) is 6.13. The van der Waals surface area contributed by atoms with Gasteiger partial charge in [0.15, 0.2) is 0 Å². The molecule has 0 radical (unpaired) electrons. The molecule has 1 heterocycles. The number of amides is 1. The van der Waals surface area contributed by atoms with E-state index in [1.54, 1.807) is 0 Å². The number of pyridine rings is 1. The molecule has 1 aromatic heterocycles. The molecule has 0 saturated heterocycles. The molecular weight excluding hydrogens is 242 g/mol. The minimum atomic E-state index is -0.454. The number of hydrogen-bond acceptors (Lipinski definition) is 4. The number of hydrogen-bond donors (Lipinski definition) is 2. The Labute approximate surface area is 111 Å². The van der Waals surface area contributed by atoms with Crippen molar-refractivity contribution in [3.8, 4) is 0 Å². The molecule has 0 bridgehead atoms. The third kappa shape index (κ3) is 3.66. The van der Waals surface area contributed by atoms with Crippen LogP contribution in [0.25, 0.3) is 10.9 Å². The van der Waals surface area contributed by atoms with Gasteiger partial charge in [-0.2, -0.15) is 0 Å². The number of aryl methyl sites for hydroxylation is 1. The highest BCUT2D eigenvalue weighted by Gasteiger charge is 2.02. The predicted molar refractivity (Wildman–Crippen MR) is 75.0 cm³/mol. The third-order valence-electron chi connectivity index (χ3n) is 2.65. The zero-order valence-electron chi connectivity index (χ0n) is 10.8. The van der Waals surface area contributed by atoms with E-state index < -0.39 is 5.91 Å². The number of para-hydroxylation sites is 1. The second-order valence-electron chi connectivity index (χ2n) is 4.27. The van der Waals surface area contributed by atoms with Gasteiger partial charge in [-0.3, -0.25) is 9.78 Å². The smallest absolute Gasteiger partial charge is 0.243 e. The summed E-state index contributed by atoms with van der Waals surface area (Å²) in [6, 6.07) is 9.95. The van der Waals surface area contributed by atoms with E-state index in [1.807, 2.05) is 37.3 Å². The minimum absolute atomic E-state index is 0.0438. The summed E-state index contributed by atoms with van der Waals surface area (Å²) in [6.07, 6.45) is 0. The molecular formula is C14H17N3O2. The van der Waals surface area contributed by atoms with Gasteiger partial charge in [0, 0.05) is 23.3 Å². The summed E-state index contributed by atoms with van der Waals surface area (Å²) in [7, 11) is 0. The van der Waals surface area contributed by atoms with Gasteiger partial charge in [0.1, 0.15) is 6.61 Å². The van der Waals surface area contributed by atoms with E-state index in [9.17, 15) is 4.79 Å². The van der Waals surface area contributed by atoms with E-state index in [4.69, 9.17) is 10.5 Å². The fourth-order valence-electron chi connectivity index (χ4n) is 1.88. The van der Waals surface area contributed by atoms with Gasteiger partial charge in [-0.25, -0.2) is 0 Å². The van der Waals surface area contributed by atoms with E-state index in [-0.39, 0.29) is 6.61 Å². The Balaban J connectivity index is 2.02. The Morgan fingerprint density at radius 3 is 3.00 bits per heavy atom. The first-order chi connectivity index (χ1) is 9.16. The molecule has 0 aliphatic rings. The van der Waals surface area contributed by atoms with Crippen LogP contribution in [0.2, 0.25) is 0 Å². The molecule has 100 valence electrons. The number of rotatable bonds is 6. The van der Waals surface area contributed by atoms with E-state index in [0.29, 0.717) is 13.2 Å². The first-order valence-electron chi connectivity index (χ1n) is 6.13. The predicted octanol–water partition coefficient (Wildman–Crippen LogP) is 1.46. The fraction of sp³-hybridized carbons (Fsp3) is 0.286. The van der Waals surface area contributed by atoms with Crippen molar-refractivity contribution in [1.29, 1.82) is 0 Å². The van der Waals surface area contributed by atoms with Crippen molar-refractivity contribution in [2.75, 3.05) is 25.1 Å². The van der Waals surface area contributed by atoms with Crippen LogP contribution in [-0.2, 0) is 9.53 Å². The van der Waals surface area contributed by atoms with Crippen LogP contribution < -0.4 is 11.1 Å². The van der Waals surface area contributed by atoms with Gasteiger partial charge in [0.2, 0.25) is 5.91 Å². The van der Waals surface area contributed by atoms with Crippen LogP contribution in [0.5, 0.6) is 0 Å². The number of carbonyl (C=O) groups is 1. The van der Waals surface area contributed by atoms with Crippen LogP contribution in [0, 0.1) is 6.92 Å². The van der Waals surface area contributed by atoms with Gasteiger partial charge in [0.05, 0.1) is 12.1 Å². The maximum atomic E-state index is 10.5. The molecule has 0 saturated carbocycles. The topological polar surface area (TPSA) is 77.2 Å². The quantitative estimate of drug-likeness (QED) is 0.770. The lowest BCUT2D eigenvalue weighted by molar-refractivity contribution is -0.122. The minimum Gasteiger partial charge on any atom is -0.382 e. The maximum Gasteiger partial charge on any atom is 0.243 e. The summed E-state index contributed by atoms with van der Waals surface area (Å²) in [6.45, 7) is 2.96. The molecule has 19 heavy (non-hydrogen) atoms. The lowest BCUT2D eigenvalue weighted by Crippen LogP contribution is -2.20. The van der Waals surface area contributed by atoms with Crippen LogP contribution in [-0.4, -0.2) is 30.6 Å². The first kappa shape index (κ1) is 13.3. The van der Waals surface area contributed by atoms with Crippen molar-refractivity contribution in [3.05, 3.63) is 36.0 Å². The van der Waals surface area contributed by atoms with E-state index in [0.717, 1.165) is 22.3 Å². The molecule has 2 aromatic rings.